The number of amides is 1. The highest BCUT2D eigenvalue weighted by Crippen LogP contribution is 2.22. The Morgan fingerprint density at radius 2 is 2.19 bits per heavy atom. The minimum absolute atomic E-state index is 0.101. The van der Waals surface area contributed by atoms with Crippen molar-refractivity contribution in [1.29, 1.82) is 0 Å². The lowest BCUT2D eigenvalue weighted by Crippen LogP contribution is -2.23. The van der Waals surface area contributed by atoms with Crippen LogP contribution < -0.4 is 5.32 Å². The molecule has 0 saturated carbocycles. The number of rotatable bonds is 5. The van der Waals surface area contributed by atoms with Crippen LogP contribution in [-0.4, -0.2) is 35.8 Å². The minimum Gasteiger partial charge on any atom is -0.346 e. The van der Waals surface area contributed by atoms with Gasteiger partial charge in [-0.05, 0) is 23.8 Å². The Morgan fingerprint density at radius 3 is 2.89 bits per heavy atom. The van der Waals surface area contributed by atoms with Crippen LogP contribution in [0.15, 0.2) is 55.0 Å². The number of non-ortho nitro benzene ring substituents is 1. The molecule has 0 aliphatic heterocycles. The Balaban J connectivity index is 1.49. The standard InChI is InChI=1S/C17H13N7O3/c25-17(16-13-8-12(24(26)27)3-4-14(13)21-22-16)19-10-11-2-5-15(18-9-11)23-7-1-6-20-23/h1-9H,10H2,(H,19,25)(H,21,22). The number of carbonyl (C=O) groups is 1. The van der Waals surface area contributed by atoms with E-state index in [-0.39, 0.29) is 17.9 Å². The summed E-state index contributed by atoms with van der Waals surface area (Å²) < 4.78 is 1.63. The number of nitrogens with zero attached hydrogens (tertiary/aromatic N) is 5. The molecular weight excluding hydrogens is 350 g/mol. The van der Waals surface area contributed by atoms with Crippen molar-refractivity contribution in [2.24, 2.45) is 0 Å². The molecule has 3 heterocycles. The molecule has 0 atom stereocenters. The van der Waals surface area contributed by atoms with Crippen LogP contribution in [0, 0.1) is 10.1 Å². The summed E-state index contributed by atoms with van der Waals surface area (Å²) >= 11 is 0. The lowest BCUT2D eigenvalue weighted by atomic mass is 10.2. The van der Waals surface area contributed by atoms with E-state index in [4.69, 9.17) is 0 Å². The average molecular weight is 363 g/mol. The van der Waals surface area contributed by atoms with Crippen LogP contribution in [0.3, 0.4) is 0 Å². The van der Waals surface area contributed by atoms with E-state index >= 15 is 0 Å². The molecule has 0 spiro atoms. The molecule has 0 saturated heterocycles. The normalized spacial score (nSPS) is 10.8. The van der Waals surface area contributed by atoms with E-state index in [1.807, 2.05) is 6.07 Å². The SMILES string of the molecule is O=C(NCc1ccc(-n2cccn2)nc1)c1n[nH]c2ccc([N+](=O)[O-])cc12. The second-order valence-corrected chi connectivity index (χ2v) is 5.72. The van der Waals surface area contributed by atoms with Crippen molar-refractivity contribution in [2.45, 2.75) is 6.54 Å². The number of aromatic amines is 1. The zero-order valence-corrected chi connectivity index (χ0v) is 13.9. The molecular formula is C17H13N7O3. The molecule has 0 bridgehead atoms. The van der Waals surface area contributed by atoms with E-state index in [0.29, 0.717) is 16.7 Å². The van der Waals surface area contributed by atoms with E-state index in [0.717, 1.165) is 5.56 Å². The molecule has 2 N–H and O–H groups in total. The van der Waals surface area contributed by atoms with Crippen LogP contribution in [0.2, 0.25) is 0 Å². The van der Waals surface area contributed by atoms with Crippen LogP contribution in [0.4, 0.5) is 5.69 Å². The summed E-state index contributed by atoms with van der Waals surface area (Å²) in [6, 6.07) is 9.63. The molecule has 0 fully saturated rings. The summed E-state index contributed by atoms with van der Waals surface area (Å²) in [5.41, 5.74) is 1.35. The molecule has 3 aromatic heterocycles. The first kappa shape index (κ1) is 16.4. The Bertz CT molecular complexity index is 1120. The van der Waals surface area contributed by atoms with Crippen molar-refractivity contribution in [1.82, 2.24) is 30.3 Å². The number of pyridine rings is 1. The fourth-order valence-corrected chi connectivity index (χ4v) is 2.62. The lowest BCUT2D eigenvalue weighted by molar-refractivity contribution is -0.384. The van der Waals surface area contributed by atoms with E-state index in [1.54, 1.807) is 35.4 Å². The minimum atomic E-state index is -0.513. The third kappa shape index (κ3) is 3.23. The number of hydrogen-bond donors (Lipinski definition) is 2. The maximum absolute atomic E-state index is 12.4. The van der Waals surface area contributed by atoms with E-state index in [2.05, 4.69) is 25.6 Å². The van der Waals surface area contributed by atoms with Crippen molar-refractivity contribution in [3.63, 3.8) is 0 Å². The molecule has 134 valence electrons. The maximum Gasteiger partial charge on any atom is 0.272 e. The van der Waals surface area contributed by atoms with Gasteiger partial charge >= 0.3 is 0 Å². The second-order valence-electron chi connectivity index (χ2n) is 5.72. The first-order valence-corrected chi connectivity index (χ1v) is 7.97. The summed E-state index contributed by atoms with van der Waals surface area (Å²) in [6.45, 7) is 0.245. The number of aromatic nitrogens is 5. The van der Waals surface area contributed by atoms with Gasteiger partial charge in [0, 0.05) is 42.7 Å². The summed E-state index contributed by atoms with van der Waals surface area (Å²) in [4.78, 5) is 27.1. The van der Waals surface area contributed by atoms with Gasteiger partial charge in [0.1, 0.15) is 0 Å². The van der Waals surface area contributed by atoms with Gasteiger partial charge < -0.3 is 5.32 Å². The van der Waals surface area contributed by atoms with Gasteiger partial charge in [0.05, 0.1) is 10.4 Å². The summed E-state index contributed by atoms with van der Waals surface area (Å²) in [6.07, 6.45) is 5.09. The fourth-order valence-electron chi connectivity index (χ4n) is 2.62. The summed E-state index contributed by atoms with van der Waals surface area (Å²) in [7, 11) is 0. The molecule has 4 rings (SSSR count). The second kappa shape index (κ2) is 6.67. The molecule has 27 heavy (non-hydrogen) atoms. The topological polar surface area (TPSA) is 132 Å². The Labute approximate surface area is 152 Å². The molecule has 4 aromatic rings. The third-order valence-corrected chi connectivity index (χ3v) is 3.97. The fraction of sp³-hybridized carbons (Fsp3) is 0.0588. The Kier molecular flexibility index (Phi) is 4.05. The van der Waals surface area contributed by atoms with E-state index in [1.165, 1.54) is 18.2 Å². The van der Waals surface area contributed by atoms with Crippen molar-refractivity contribution in [3.05, 3.63) is 76.4 Å². The van der Waals surface area contributed by atoms with Crippen LogP contribution in [-0.2, 0) is 6.54 Å². The molecule has 0 unspecified atom stereocenters. The van der Waals surface area contributed by atoms with Crippen LogP contribution in [0.1, 0.15) is 16.1 Å². The maximum atomic E-state index is 12.4. The lowest BCUT2D eigenvalue weighted by Gasteiger charge is -2.05. The average Bonchev–Trinajstić information content (AvgIpc) is 3.36. The van der Waals surface area contributed by atoms with Crippen LogP contribution in [0.5, 0.6) is 0 Å². The highest BCUT2D eigenvalue weighted by molar-refractivity contribution is 6.05. The Hall–Kier alpha value is -4.08. The molecule has 10 heteroatoms. The number of carbonyl (C=O) groups excluding carboxylic acids is 1. The molecule has 0 aliphatic carbocycles. The number of hydrogen-bond acceptors (Lipinski definition) is 6. The van der Waals surface area contributed by atoms with Gasteiger partial charge in [0.25, 0.3) is 11.6 Å². The monoisotopic (exact) mass is 363 g/mol. The van der Waals surface area contributed by atoms with Crippen molar-refractivity contribution in [2.75, 3.05) is 0 Å². The molecule has 0 radical (unpaired) electrons. The number of H-pyrrole nitrogens is 1. The predicted molar refractivity (Wildman–Crippen MR) is 95.3 cm³/mol. The highest BCUT2D eigenvalue weighted by Gasteiger charge is 2.17. The highest BCUT2D eigenvalue weighted by atomic mass is 16.6. The molecule has 10 nitrogen and oxygen atoms in total. The van der Waals surface area contributed by atoms with Gasteiger partial charge in [-0.25, -0.2) is 9.67 Å². The van der Waals surface area contributed by atoms with Gasteiger partial charge in [-0.3, -0.25) is 20.0 Å². The van der Waals surface area contributed by atoms with E-state index in [9.17, 15) is 14.9 Å². The van der Waals surface area contributed by atoms with Gasteiger partial charge in [-0.2, -0.15) is 10.2 Å². The van der Waals surface area contributed by atoms with Crippen molar-refractivity contribution >= 4 is 22.5 Å². The smallest absolute Gasteiger partial charge is 0.272 e. The van der Waals surface area contributed by atoms with E-state index < -0.39 is 10.8 Å². The van der Waals surface area contributed by atoms with Gasteiger partial charge in [0.2, 0.25) is 0 Å². The zero-order chi connectivity index (χ0) is 18.8. The summed E-state index contributed by atoms with van der Waals surface area (Å²) in [5, 5.41) is 24.8. The number of nitro groups is 1. The van der Waals surface area contributed by atoms with Crippen LogP contribution >= 0.6 is 0 Å². The third-order valence-electron chi connectivity index (χ3n) is 3.97. The predicted octanol–water partition coefficient (Wildman–Crippen LogP) is 1.98. The zero-order valence-electron chi connectivity index (χ0n) is 13.9. The number of nitrogens with one attached hydrogen (secondary N) is 2. The van der Waals surface area contributed by atoms with Crippen molar-refractivity contribution in [3.8, 4) is 5.82 Å². The quantitative estimate of drug-likeness (QED) is 0.412. The van der Waals surface area contributed by atoms with Gasteiger partial charge in [-0.1, -0.05) is 6.07 Å². The van der Waals surface area contributed by atoms with Gasteiger partial charge in [0.15, 0.2) is 11.5 Å². The summed E-state index contributed by atoms with van der Waals surface area (Å²) in [5.74, 6) is 0.235. The largest absolute Gasteiger partial charge is 0.346 e. The molecule has 1 aromatic carbocycles. The number of benzene rings is 1. The first-order valence-electron chi connectivity index (χ1n) is 7.97. The van der Waals surface area contributed by atoms with Crippen molar-refractivity contribution < 1.29 is 9.72 Å². The number of nitro benzene ring substituents is 1. The Morgan fingerprint density at radius 1 is 1.30 bits per heavy atom. The molecule has 0 aliphatic rings. The van der Waals surface area contributed by atoms with Crippen LogP contribution in [0.25, 0.3) is 16.7 Å². The first-order chi connectivity index (χ1) is 13.1. The number of fused-ring (bicyclic) bond motifs is 1. The van der Waals surface area contributed by atoms with Gasteiger partial charge in [-0.15, -0.1) is 0 Å². The molecule has 1 amide bonds.